The summed E-state index contributed by atoms with van der Waals surface area (Å²) in [5.41, 5.74) is 0.774. The molecule has 1 fully saturated rings. The first-order valence-electron chi connectivity index (χ1n) is 8.84. The summed E-state index contributed by atoms with van der Waals surface area (Å²) < 4.78 is 21.5. The van der Waals surface area contributed by atoms with Crippen molar-refractivity contribution < 1.29 is 43.2 Å². The average Bonchev–Trinajstić information content (AvgIpc) is 2.63. The van der Waals surface area contributed by atoms with Crippen LogP contribution in [0.25, 0.3) is 0 Å². The molecule has 1 aromatic carbocycles. The van der Waals surface area contributed by atoms with Crippen molar-refractivity contribution in [2.75, 3.05) is 0 Å². The van der Waals surface area contributed by atoms with Crippen molar-refractivity contribution >= 4 is 23.8 Å². The lowest BCUT2D eigenvalue weighted by Crippen LogP contribution is -2.67. The van der Waals surface area contributed by atoms with E-state index in [9.17, 15) is 24.3 Å². The number of rotatable bonds is 7. The molecule has 0 spiro atoms. The van der Waals surface area contributed by atoms with Crippen LogP contribution in [0, 0.1) is 0 Å². The number of benzene rings is 1. The fraction of sp³-hybridized carbons (Fsp3) is 0.474. The van der Waals surface area contributed by atoms with Gasteiger partial charge in [0.1, 0.15) is 6.04 Å². The zero-order valence-electron chi connectivity index (χ0n) is 16.2. The Hall–Kier alpha value is -2.98. The molecule has 0 aliphatic carbocycles. The van der Waals surface area contributed by atoms with Crippen molar-refractivity contribution in [1.29, 1.82) is 0 Å². The molecule has 158 valence electrons. The molecule has 2 N–H and O–H groups in total. The number of aliphatic carboxylic acids is 1. The fourth-order valence-electron chi connectivity index (χ4n) is 2.97. The molecule has 5 atom stereocenters. The van der Waals surface area contributed by atoms with E-state index in [-0.39, 0.29) is 6.61 Å². The van der Waals surface area contributed by atoms with Crippen LogP contribution < -0.4 is 5.32 Å². The summed E-state index contributed by atoms with van der Waals surface area (Å²) in [4.78, 5) is 46.6. The van der Waals surface area contributed by atoms with Crippen molar-refractivity contribution in [3.05, 3.63) is 35.9 Å². The van der Waals surface area contributed by atoms with Crippen molar-refractivity contribution in [2.24, 2.45) is 0 Å². The van der Waals surface area contributed by atoms with Gasteiger partial charge in [-0.3, -0.25) is 14.4 Å². The van der Waals surface area contributed by atoms with Gasteiger partial charge in [-0.2, -0.15) is 0 Å². The number of carboxylic acids is 1. The van der Waals surface area contributed by atoms with Gasteiger partial charge in [-0.15, -0.1) is 0 Å². The molecule has 0 aromatic heterocycles. The molecule has 0 bridgehead atoms. The number of carbonyl (C=O) groups excluding carboxylic acids is 3. The molecular formula is C19H23NO9. The molecule has 2 rings (SSSR count). The first kappa shape index (κ1) is 22.3. The van der Waals surface area contributed by atoms with Crippen molar-refractivity contribution in [3.63, 3.8) is 0 Å². The molecule has 0 radical (unpaired) electrons. The Morgan fingerprint density at radius 3 is 2.10 bits per heavy atom. The second-order valence-corrected chi connectivity index (χ2v) is 6.43. The number of amides is 1. The smallest absolute Gasteiger partial charge is 0.337 e. The number of hydrogen-bond donors (Lipinski definition) is 2. The van der Waals surface area contributed by atoms with E-state index in [0.29, 0.717) is 0 Å². The molecule has 1 aromatic rings. The Balaban J connectivity index is 2.36. The zero-order valence-corrected chi connectivity index (χ0v) is 16.2. The minimum Gasteiger partial charge on any atom is -0.479 e. The van der Waals surface area contributed by atoms with E-state index < -0.39 is 54.5 Å². The van der Waals surface area contributed by atoms with Gasteiger partial charge in [0.15, 0.2) is 24.6 Å². The van der Waals surface area contributed by atoms with Gasteiger partial charge in [-0.05, 0) is 5.56 Å². The SMILES string of the molecule is CC(=O)N[C@@H]1[C@H](OCc2ccccc2)O[C@@H](C(=O)O)[C@@H](OC(C)=O)[C@@H]1OC(C)=O. The highest BCUT2D eigenvalue weighted by Gasteiger charge is 2.53. The van der Waals surface area contributed by atoms with Crippen LogP contribution in [0.5, 0.6) is 0 Å². The fourth-order valence-corrected chi connectivity index (χ4v) is 2.97. The number of ether oxygens (including phenoxy) is 4. The molecule has 0 unspecified atom stereocenters. The first-order valence-corrected chi connectivity index (χ1v) is 8.84. The first-order chi connectivity index (χ1) is 13.7. The second-order valence-electron chi connectivity index (χ2n) is 6.43. The summed E-state index contributed by atoms with van der Waals surface area (Å²) in [6.45, 7) is 3.46. The Bertz CT molecular complexity index is 751. The molecule has 10 heteroatoms. The van der Waals surface area contributed by atoms with Crippen LogP contribution in [0.3, 0.4) is 0 Å². The van der Waals surface area contributed by atoms with Gasteiger partial charge in [0.2, 0.25) is 5.91 Å². The topological polar surface area (TPSA) is 137 Å². The van der Waals surface area contributed by atoms with E-state index in [0.717, 1.165) is 19.4 Å². The summed E-state index contributed by atoms with van der Waals surface area (Å²) in [6.07, 6.45) is -5.77. The molecule has 10 nitrogen and oxygen atoms in total. The molecule has 1 heterocycles. The summed E-state index contributed by atoms with van der Waals surface area (Å²) in [7, 11) is 0. The highest BCUT2D eigenvalue weighted by molar-refractivity contribution is 5.76. The standard InChI is InChI=1S/C19H23NO9/c1-10(21)20-14-15(27-11(2)22)16(28-12(3)23)17(18(24)25)29-19(14)26-9-13-7-5-4-6-8-13/h4-8,14-17,19H,9H2,1-3H3,(H,20,21)(H,24,25)/t14-,15+,16-,17+,19+/m0/s1. The molecule has 29 heavy (non-hydrogen) atoms. The minimum absolute atomic E-state index is 0.0406. The molecule has 1 saturated heterocycles. The predicted octanol–water partition coefficient (Wildman–Crippen LogP) is 0.381. The Labute approximate surface area is 167 Å². The van der Waals surface area contributed by atoms with Gasteiger partial charge in [-0.25, -0.2) is 4.79 Å². The van der Waals surface area contributed by atoms with Crippen LogP contribution in [0.15, 0.2) is 30.3 Å². The van der Waals surface area contributed by atoms with Gasteiger partial charge in [-0.1, -0.05) is 30.3 Å². The van der Waals surface area contributed by atoms with Crippen molar-refractivity contribution in [1.82, 2.24) is 5.32 Å². The summed E-state index contributed by atoms with van der Waals surface area (Å²) in [6, 6.07) is 7.88. The number of nitrogens with one attached hydrogen (secondary N) is 1. The average molecular weight is 409 g/mol. The van der Waals surface area contributed by atoms with Crippen molar-refractivity contribution in [3.8, 4) is 0 Å². The lowest BCUT2D eigenvalue weighted by atomic mass is 9.95. The summed E-state index contributed by atoms with van der Waals surface area (Å²) >= 11 is 0. The Morgan fingerprint density at radius 1 is 1.00 bits per heavy atom. The number of carboxylic acid groups (broad SMARTS) is 1. The molecule has 0 saturated carbocycles. The lowest BCUT2D eigenvalue weighted by Gasteiger charge is -2.43. The highest BCUT2D eigenvalue weighted by Crippen LogP contribution is 2.28. The molecule has 1 aliphatic heterocycles. The predicted molar refractivity (Wildman–Crippen MR) is 96.2 cm³/mol. The summed E-state index contributed by atoms with van der Waals surface area (Å²) in [5, 5.41) is 12.1. The Morgan fingerprint density at radius 2 is 1.59 bits per heavy atom. The maximum absolute atomic E-state index is 11.7. The third kappa shape index (κ3) is 6.26. The zero-order chi connectivity index (χ0) is 21.6. The van der Waals surface area contributed by atoms with Crippen LogP contribution in [0.2, 0.25) is 0 Å². The van der Waals surface area contributed by atoms with Crippen LogP contribution >= 0.6 is 0 Å². The van der Waals surface area contributed by atoms with Crippen LogP contribution in [-0.4, -0.2) is 59.6 Å². The Kier molecular flexibility index (Phi) is 7.68. The van der Waals surface area contributed by atoms with Crippen LogP contribution in [-0.2, 0) is 44.7 Å². The van der Waals surface area contributed by atoms with E-state index in [4.69, 9.17) is 18.9 Å². The molecular weight excluding hydrogens is 386 g/mol. The quantitative estimate of drug-likeness (QED) is 0.612. The van der Waals surface area contributed by atoms with E-state index in [2.05, 4.69) is 5.32 Å². The van der Waals surface area contributed by atoms with Gasteiger partial charge < -0.3 is 29.4 Å². The maximum Gasteiger partial charge on any atom is 0.337 e. The van der Waals surface area contributed by atoms with Crippen molar-refractivity contribution in [2.45, 2.75) is 58.0 Å². The lowest BCUT2D eigenvalue weighted by molar-refractivity contribution is -0.273. The van der Waals surface area contributed by atoms with E-state index >= 15 is 0 Å². The van der Waals surface area contributed by atoms with Gasteiger partial charge in [0.25, 0.3) is 0 Å². The largest absolute Gasteiger partial charge is 0.479 e. The summed E-state index contributed by atoms with van der Waals surface area (Å²) in [5.74, 6) is -3.50. The maximum atomic E-state index is 11.7. The van der Waals surface area contributed by atoms with Gasteiger partial charge >= 0.3 is 17.9 Å². The normalized spacial score (nSPS) is 26.2. The minimum atomic E-state index is -1.67. The van der Waals surface area contributed by atoms with Crippen LogP contribution in [0.4, 0.5) is 0 Å². The molecule has 1 amide bonds. The van der Waals surface area contributed by atoms with E-state index in [1.54, 1.807) is 24.3 Å². The second kappa shape index (κ2) is 9.99. The highest BCUT2D eigenvalue weighted by atomic mass is 16.7. The van der Waals surface area contributed by atoms with E-state index in [1.165, 1.54) is 6.92 Å². The number of carbonyl (C=O) groups is 4. The van der Waals surface area contributed by atoms with Gasteiger partial charge in [0, 0.05) is 20.8 Å². The number of esters is 2. The third-order valence-corrected chi connectivity index (χ3v) is 4.02. The van der Waals surface area contributed by atoms with E-state index in [1.807, 2.05) is 6.07 Å². The molecule has 1 aliphatic rings. The van der Waals surface area contributed by atoms with Gasteiger partial charge in [0.05, 0.1) is 6.61 Å². The van der Waals surface area contributed by atoms with Crippen LogP contribution in [0.1, 0.15) is 26.3 Å². The number of hydrogen-bond acceptors (Lipinski definition) is 8. The third-order valence-electron chi connectivity index (χ3n) is 4.02. The monoisotopic (exact) mass is 409 g/mol.